The van der Waals surface area contributed by atoms with E-state index in [2.05, 4.69) is 28.2 Å². The zero-order chi connectivity index (χ0) is 13.6. The molecule has 1 unspecified atom stereocenters. The van der Waals surface area contributed by atoms with Crippen molar-refractivity contribution in [3.63, 3.8) is 0 Å². The van der Waals surface area contributed by atoms with Gasteiger partial charge in [-0.1, -0.05) is 6.07 Å². The largest absolute Gasteiger partial charge is 0.377 e. The number of rotatable bonds is 6. The minimum atomic E-state index is 0.0433. The van der Waals surface area contributed by atoms with Crippen LogP contribution >= 0.6 is 0 Å². The summed E-state index contributed by atoms with van der Waals surface area (Å²) in [4.78, 5) is 6.61. The van der Waals surface area contributed by atoms with Gasteiger partial charge in [0.25, 0.3) is 0 Å². The average molecular weight is 263 g/mol. The monoisotopic (exact) mass is 263 g/mol. The molecule has 0 amide bonds. The van der Waals surface area contributed by atoms with Crippen molar-refractivity contribution < 1.29 is 4.74 Å². The van der Waals surface area contributed by atoms with Crippen LogP contribution in [-0.2, 0) is 11.3 Å². The number of pyridine rings is 1. The van der Waals surface area contributed by atoms with Crippen LogP contribution in [0.2, 0.25) is 0 Å². The highest BCUT2D eigenvalue weighted by Gasteiger charge is 2.30. The molecule has 4 nitrogen and oxygen atoms in total. The standard InChI is InChI=1S/C15H25N3O/c1-15(19-2)6-4-9-18(13-15)10-8-17-12-14-5-3-7-16-11-14/h3,5,7,11,17H,4,6,8-10,12-13H2,1-2H3. The summed E-state index contributed by atoms with van der Waals surface area (Å²) in [5.74, 6) is 0. The normalized spacial score (nSPS) is 24.5. The minimum Gasteiger partial charge on any atom is -0.377 e. The van der Waals surface area contributed by atoms with Crippen molar-refractivity contribution in [1.82, 2.24) is 15.2 Å². The molecule has 19 heavy (non-hydrogen) atoms. The number of piperidine rings is 1. The number of nitrogens with zero attached hydrogens (tertiary/aromatic N) is 2. The van der Waals surface area contributed by atoms with Crippen molar-refractivity contribution in [1.29, 1.82) is 0 Å². The molecule has 0 radical (unpaired) electrons. The molecule has 1 aromatic rings. The molecule has 1 aliphatic heterocycles. The molecule has 0 bridgehead atoms. The van der Waals surface area contributed by atoms with Crippen LogP contribution in [0.25, 0.3) is 0 Å². The third-order valence-electron chi connectivity index (χ3n) is 3.89. The summed E-state index contributed by atoms with van der Waals surface area (Å²) in [5, 5.41) is 3.47. The van der Waals surface area contributed by atoms with Crippen LogP contribution in [-0.4, -0.2) is 48.8 Å². The quantitative estimate of drug-likeness (QED) is 0.792. The van der Waals surface area contributed by atoms with Gasteiger partial charge in [-0.2, -0.15) is 0 Å². The van der Waals surface area contributed by atoms with E-state index in [4.69, 9.17) is 4.74 Å². The molecule has 0 saturated carbocycles. The van der Waals surface area contributed by atoms with Crippen molar-refractivity contribution in [3.05, 3.63) is 30.1 Å². The van der Waals surface area contributed by atoms with Crippen molar-refractivity contribution in [2.24, 2.45) is 0 Å². The van der Waals surface area contributed by atoms with Crippen molar-refractivity contribution >= 4 is 0 Å². The van der Waals surface area contributed by atoms with Gasteiger partial charge in [0.05, 0.1) is 5.60 Å². The highest BCUT2D eigenvalue weighted by Crippen LogP contribution is 2.23. The van der Waals surface area contributed by atoms with Crippen molar-refractivity contribution in [2.45, 2.75) is 31.9 Å². The van der Waals surface area contributed by atoms with E-state index in [1.165, 1.54) is 24.9 Å². The zero-order valence-electron chi connectivity index (χ0n) is 12.1. The third kappa shape index (κ3) is 4.56. The summed E-state index contributed by atoms with van der Waals surface area (Å²) in [6, 6.07) is 4.08. The molecular formula is C15H25N3O. The fourth-order valence-corrected chi connectivity index (χ4v) is 2.64. The summed E-state index contributed by atoms with van der Waals surface area (Å²) in [6.07, 6.45) is 6.12. The molecule has 0 spiro atoms. The van der Waals surface area contributed by atoms with E-state index in [0.29, 0.717) is 0 Å². The molecule has 1 aromatic heterocycles. The van der Waals surface area contributed by atoms with Crippen LogP contribution in [0.3, 0.4) is 0 Å². The molecule has 2 heterocycles. The first-order valence-electron chi connectivity index (χ1n) is 7.09. The maximum absolute atomic E-state index is 5.61. The summed E-state index contributed by atoms with van der Waals surface area (Å²) < 4.78 is 5.61. The Kier molecular flexibility index (Phi) is 5.31. The van der Waals surface area contributed by atoms with Crippen LogP contribution in [0.4, 0.5) is 0 Å². The Morgan fingerprint density at radius 3 is 3.16 bits per heavy atom. The second-order valence-electron chi connectivity index (χ2n) is 5.57. The van der Waals surface area contributed by atoms with Crippen LogP contribution < -0.4 is 5.32 Å². The van der Waals surface area contributed by atoms with Gasteiger partial charge in [-0.15, -0.1) is 0 Å². The lowest BCUT2D eigenvalue weighted by Gasteiger charge is -2.39. The topological polar surface area (TPSA) is 37.4 Å². The van der Waals surface area contributed by atoms with Gasteiger partial charge in [0, 0.05) is 45.7 Å². The molecule has 1 aliphatic rings. The minimum absolute atomic E-state index is 0.0433. The first-order chi connectivity index (χ1) is 9.22. The smallest absolute Gasteiger partial charge is 0.0777 e. The molecule has 0 aliphatic carbocycles. The van der Waals surface area contributed by atoms with E-state index in [0.717, 1.165) is 26.2 Å². The van der Waals surface area contributed by atoms with E-state index >= 15 is 0 Å². The predicted molar refractivity (Wildman–Crippen MR) is 77.0 cm³/mol. The fourth-order valence-electron chi connectivity index (χ4n) is 2.64. The molecule has 1 atom stereocenters. The van der Waals surface area contributed by atoms with Gasteiger partial charge >= 0.3 is 0 Å². The lowest BCUT2D eigenvalue weighted by Crippen LogP contribution is -2.48. The SMILES string of the molecule is COC1(C)CCCN(CCNCc2cccnc2)C1. The van der Waals surface area contributed by atoms with Crippen LogP contribution in [0.5, 0.6) is 0 Å². The van der Waals surface area contributed by atoms with Crippen LogP contribution in [0.1, 0.15) is 25.3 Å². The highest BCUT2D eigenvalue weighted by atomic mass is 16.5. The third-order valence-corrected chi connectivity index (χ3v) is 3.89. The van der Waals surface area contributed by atoms with Gasteiger partial charge in [-0.25, -0.2) is 0 Å². The molecule has 2 rings (SSSR count). The Hall–Kier alpha value is -0.970. The van der Waals surface area contributed by atoms with E-state index in [1.54, 1.807) is 0 Å². The summed E-state index contributed by atoms with van der Waals surface area (Å²) in [5.41, 5.74) is 1.28. The Morgan fingerprint density at radius 2 is 2.42 bits per heavy atom. The fraction of sp³-hybridized carbons (Fsp3) is 0.667. The highest BCUT2D eigenvalue weighted by molar-refractivity contribution is 5.07. The van der Waals surface area contributed by atoms with Gasteiger partial charge in [0.1, 0.15) is 0 Å². The molecule has 1 N–H and O–H groups in total. The number of aromatic nitrogens is 1. The molecule has 4 heteroatoms. The average Bonchev–Trinajstić information content (AvgIpc) is 2.45. The van der Waals surface area contributed by atoms with Gasteiger partial charge in [-0.3, -0.25) is 9.88 Å². The van der Waals surface area contributed by atoms with Crippen LogP contribution in [0, 0.1) is 0 Å². The lowest BCUT2D eigenvalue weighted by atomic mass is 9.95. The first kappa shape index (κ1) is 14.4. The van der Waals surface area contributed by atoms with E-state index in [-0.39, 0.29) is 5.60 Å². The van der Waals surface area contributed by atoms with Gasteiger partial charge < -0.3 is 10.1 Å². The van der Waals surface area contributed by atoms with Crippen LogP contribution in [0.15, 0.2) is 24.5 Å². The Balaban J connectivity index is 1.66. The van der Waals surface area contributed by atoms with Gasteiger partial charge in [0.2, 0.25) is 0 Å². The van der Waals surface area contributed by atoms with Crippen molar-refractivity contribution in [3.8, 4) is 0 Å². The predicted octanol–water partition coefficient (Wildman–Crippen LogP) is 1.67. The molecule has 1 fully saturated rings. The van der Waals surface area contributed by atoms with E-state index < -0.39 is 0 Å². The summed E-state index contributed by atoms with van der Waals surface area (Å²) in [6.45, 7) is 7.42. The molecule has 0 aromatic carbocycles. The van der Waals surface area contributed by atoms with E-state index in [1.807, 2.05) is 25.6 Å². The molecular weight excluding hydrogens is 238 g/mol. The Labute approximate surface area is 116 Å². The molecule has 106 valence electrons. The van der Waals surface area contributed by atoms with E-state index in [9.17, 15) is 0 Å². The maximum Gasteiger partial charge on any atom is 0.0777 e. The number of hydrogen-bond acceptors (Lipinski definition) is 4. The Morgan fingerprint density at radius 1 is 1.53 bits per heavy atom. The van der Waals surface area contributed by atoms with Crippen molar-refractivity contribution in [2.75, 3.05) is 33.3 Å². The Bertz CT molecular complexity index is 371. The zero-order valence-corrected chi connectivity index (χ0v) is 12.1. The number of nitrogens with one attached hydrogen (secondary N) is 1. The number of likely N-dealkylation sites (tertiary alicyclic amines) is 1. The lowest BCUT2D eigenvalue weighted by molar-refractivity contribution is -0.0502. The van der Waals surface area contributed by atoms with Gasteiger partial charge in [0.15, 0.2) is 0 Å². The number of ether oxygens (including phenoxy) is 1. The first-order valence-corrected chi connectivity index (χ1v) is 7.09. The molecule has 1 saturated heterocycles. The summed E-state index contributed by atoms with van der Waals surface area (Å²) in [7, 11) is 1.82. The van der Waals surface area contributed by atoms with Gasteiger partial charge in [-0.05, 0) is 37.9 Å². The second-order valence-corrected chi connectivity index (χ2v) is 5.57. The number of hydrogen-bond donors (Lipinski definition) is 1. The second kappa shape index (κ2) is 6.98. The summed E-state index contributed by atoms with van der Waals surface area (Å²) >= 11 is 0. The number of methoxy groups -OCH3 is 1. The maximum atomic E-state index is 5.61.